The lowest BCUT2D eigenvalue weighted by molar-refractivity contribution is 0.117. The largest absolute Gasteiger partial charge is 0.491 e. The molecule has 23 heavy (non-hydrogen) atoms. The minimum Gasteiger partial charge on any atom is -0.491 e. The van der Waals surface area contributed by atoms with Gasteiger partial charge in [-0.05, 0) is 12.1 Å². The normalized spacial score (nSPS) is 12.3. The van der Waals surface area contributed by atoms with Gasteiger partial charge in [-0.15, -0.1) is 0 Å². The summed E-state index contributed by atoms with van der Waals surface area (Å²) < 4.78 is 31.0. The molecule has 3 N–H and O–H groups in total. The predicted octanol–water partition coefficient (Wildman–Crippen LogP) is 1.48. The maximum absolute atomic E-state index is 13.0. The van der Waals surface area contributed by atoms with E-state index in [2.05, 4.69) is 25.3 Å². The Kier molecular flexibility index (Phi) is 4.29. The van der Waals surface area contributed by atoms with Crippen LogP contribution in [0.25, 0.3) is 11.2 Å². The molecule has 2 aromatic heterocycles. The zero-order valence-corrected chi connectivity index (χ0v) is 11.8. The zero-order valence-electron chi connectivity index (χ0n) is 11.8. The van der Waals surface area contributed by atoms with E-state index in [9.17, 15) is 13.9 Å². The summed E-state index contributed by atoms with van der Waals surface area (Å²) in [7, 11) is 0. The first-order valence-electron chi connectivity index (χ1n) is 6.77. The van der Waals surface area contributed by atoms with Gasteiger partial charge in [0.1, 0.15) is 30.3 Å². The van der Waals surface area contributed by atoms with Gasteiger partial charge in [0.25, 0.3) is 0 Å². The number of anilines is 1. The summed E-state index contributed by atoms with van der Waals surface area (Å²) in [6.45, 7) is 0.0596. The molecule has 1 unspecified atom stereocenters. The Morgan fingerprint density at radius 2 is 2.09 bits per heavy atom. The summed E-state index contributed by atoms with van der Waals surface area (Å²) in [6.07, 6.45) is 1.97. The van der Waals surface area contributed by atoms with Crippen LogP contribution in [-0.4, -0.2) is 44.3 Å². The van der Waals surface area contributed by atoms with Crippen molar-refractivity contribution in [3.05, 3.63) is 42.5 Å². The molecule has 1 atom stereocenters. The summed E-state index contributed by atoms with van der Waals surface area (Å²) >= 11 is 0. The van der Waals surface area contributed by atoms with E-state index in [-0.39, 0.29) is 18.9 Å². The van der Waals surface area contributed by atoms with Crippen molar-refractivity contribution in [2.75, 3.05) is 18.5 Å². The molecule has 0 aliphatic heterocycles. The van der Waals surface area contributed by atoms with Gasteiger partial charge in [0, 0.05) is 12.6 Å². The fourth-order valence-corrected chi connectivity index (χ4v) is 1.93. The van der Waals surface area contributed by atoms with Crippen LogP contribution in [0.4, 0.5) is 14.6 Å². The highest BCUT2D eigenvalue weighted by Crippen LogP contribution is 2.16. The van der Waals surface area contributed by atoms with Gasteiger partial charge < -0.3 is 20.1 Å². The number of ether oxygens (including phenoxy) is 1. The van der Waals surface area contributed by atoms with Crippen LogP contribution in [0, 0.1) is 11.6 Å². The monoisotopic (exact) mass is 321 g/mol. The molecule has 1 aromatic carbocycles. The fraction of sp³-hybridized carbons (Fsp3) is 0.214. The van der Waals surface area contributed by atoms with Crippen molar-refractivity contribution >= 4 is 17.0 Å². The average molecular weight is 321 g/mol. The molecule has 0 aliphatic rings. The Bertz CT molecular complexity index is 811. The fourth-order valence-electron chi connectivity index (χ4n) is 1.93. The van der Waals surface area contributed by atoms with Crippen molar-refractivity contribution < 1.29 is 18.6 Å². The number of nitrogens with zero attached hydrogens (tertiary/aromatic N) is 3. The second-order valence-electron chi connectivity index (χ2n) is 4.75. The van der Waals surface area contributed by atoms with E-state index in [0.717, 1.165) is 12.1 Å². The summed E-state index contributed by atoms with van der Waals surface area (Å²) in [4.78, 5) is 14.9. The second kappa shape index (κ2) is 6.53. The number of halogens is 2. The van der Waals surface area contributed by atoms with Crippen molar-refractivity contribution in [2.45, 2.75) is 6.10 Å². The Balaban J connectivity index is 1.54. The molecule has 0 bridgehead atoms. The summed E-state index contributed by atoms with van der Waals surface area (Å²) in [5.74, 6) is -1.31. The van der Waals surface area contributed by atoms with Gasteiger partial charge in [0.15, 0.2) is 23.1 Å². The Morgan fingerprint density at radius 3 is 2.91 bits per heavy atom. The van der Waals surface area contributed by atoms with E-state index < -0.39 is 17.7 Å². The molecule has 0 saturated carbocycles. The third-order valence-corrected chi connectivity index (χ3v) is 3.06. The first-order chi connectivity index (χ1) is 11.1. The van der Waals surface area contributed by atoms with Crippen molar-refractivity contribution in [2.24, 2.45) is 0 Å². The number of H-pyrrole nitrogens is 1. The van der Waals surface area contributed by atoms with Crippen LogP contribution in [0.15, 0.2) is 30.9 Å². The number of nitrogens with one attached hydrogen (secondary N) is 2. The van der Waals surface area contributed by atoms with Crippen LogP contribution < -0.4 is 10.1 Å². The van der Waals surface area contributed by atoms with E-state index >= 15 is 0 Å². The topological polar surface area (TPSA) is 96.0 Å². The smallest absolute Gasteiger partial charge is 0.182 e. The van der Waals surface area contributed by atoms with Gasteiger partial charge >= 0.3 is 0 Å². The highest BCUT2D eigenvalue weighted by molar-refractivity contribution is 5.81. The molecule has 0 radical (unpaired) electrons. The number of hydrogen-bond acceptors (Lipinski definition) is 6. The number of rotatable bonds is 6. The molecule has 0 aliphatic carbocycles. The molecule has 3 aromatic rings. The molecular weight excluding hydrogens is 308 g/mol. The number of fused-ring (bicyclic) bond motifs is 1. The Hall–Kier alpha value is -2.81. The van der Waals surface area contributed by atoms with E-state index in [1.165, 1.54) is 18.7 Å². The SMILES string of the molecule is OC(CNc1ncnc2nc[nH]c12)COc1ccc(F)c(F)c1. The molecule has 120 valence electrons. The van der Waals surface area contributed by atoms with E-state index in [0.29, 0.717) is 17.0 Å². The highest BCUT2D eigenvalue weighted by Gasteiger charge is 2.10. The summed E-state index contributed by atoms with van der Waals surface area (Å²) in [5, 5.41) is 12.8. The molecule has 0 saturated heterocycles. The minimum atomic E-state index is -1.00. The van der Waals surface area contributed by atoms with E-state index in [1.807, 2.05) is 0 Å². The van der Waals surface area contributed by atoms with Crippen LogP contribution >= 0.6 is 0 Å². The number of hydrogen-bond donors (Lipinski definition) is 3. The summed E-state index contributed by atoms with van der Waals surface area (Å²) in [6, 6.07) is 3.18. The number of aromatic nitrogens is 4. The van der Waals surface area contributed by atoms with Crippen molar-refractivity contribution in [1.29, 1.82) is 0 Å². The quantitative estimate of drug-likeness (QED) is 0.636. The molecule has 2 heterocycles. The molecule has 9 heteroatoms. The number of aliphatic hydroxyl groups excluding tert-OH is 1. The maximum Gasteiger partial charge on any atom is 0.182 e. The second-order valence-corrected chi connectivity index (χ2v) is 4.75. The van der Waals surface area contributed by atoms with Gasteiger partial charge in [-0.1, -0.05) is 0 Å². The van der Waals surface area contributed by atoms with Crippen LogP contribution in [0.3, 0.4) is 0 Å². The lowest BCUT2D eigenvalue weighted by atomic mass is 10.3. The van der Waals surface area contributed by atoms with Crippen LogP contribution in [0.5, 0.6) is 5.75 Å². The third-order valence-electron chi connectivity index (χ3n) is 3.06. The summed E-state index contributed by atoms with van der Waals surface area (Å²) in [5.41, 5.74) is 1.14. The van der Waals surface area contributed by atoms with Crippen molar-refractivity contribution in [3.8, 4) is 5.75 Å². The van der Waals surface area contributed by atoms with E-state index in [1.54, 1.807) is 0 Å². The van der Waals surface area contributed by atoms with Crippen molar-refractivity contribution in [1.82, 2.24) is 19.9 Å². The number of aromatic amines is 1. The van der Waals surface area contributed by atoms with Crippen molar-refractivity contribution in [3.63, 3.8) is 0 Å². The number of benzene rings is 1. The Labute approximate surface area is 129 Å². The van der Waals surface area contributed by atoms with Crippen LogP contribution in [0.1, 0.15) is 0 Å². The van der Waals surface area contributed by atoms with Gasteiger partial charge in [-0.3, -0.25) is 0 Å². The van der Waals surface area contributed by atoms with Gasteiger partial charge in [0.05, 0.1) is 6.33 Å². The standard InChI is InChI=1S/C14H13F2N5O2/c15-10-2-1-9(3-11(10)16)23-5-8(22)4-17-13-12-14(19-6-18-12)21-7-20-13/h1-3,6-8,22H,4-5H2,(H2,17,18,19,20,21). The molecule has 3 rings (SSSR count). The maximum atomic E-state index is 13.0. The van der Waals surface area contributed by atoms with Crippen LogP contribution in [-0.2, 0) is 0 Å². The lowest BCUT2D eigenvalue weighted by Gasteiger charge is -2.13. The average Bonchev–Trinajstić information content (AvgIpc) is 3.03. The number of aliphatic hydroxyl groups is 1. The predicted molar refractivity (Wildman–Crippen MR) is 78.0 cm³/mol. The molecule has 7 nitrogen and oxygen atoms in total. The Morgan fingerprint density at radius 1 is 1.22 bits per heavy atom. The third kappa shape index (κ3) is 3.51. The zero-order chi connectivity index (χ0) is 16.2. The van der Waals surface area contributed by atoms with Gasteiger partial charge in [0.2, 0.25) is 0 Å². The first kappa shape index (κ1) is 15.1. The van der Waals surface area contributed by atoms with Crippen LogP contribution in [0.2, 0.25) is 0 Å². The molecule has 0 fully saturated rings. The molecule has 0 amide bonds. The van der Waals surface area contributed by atoms with Gasteiger partial charge in [-0.2, -0.15) is 0 Å². The van der Waals surface area contributed by atoms with Gasteiger partial charge in [-0.25, -0.2) is 23.7 Å². The highest BCUT2D eigenvalue weighted by atomic mass is 19.2. The molecular formula is C14H13F2N5O2. The number of imidazole rings is 1. The lowest BCUT2D eigenvalue weighted by Crippen LogP contribution is -2.26. The first-order valence-corrected chi connectivity index (χ1v) is 6.77. The molecule has 0 spiro atoms. The van der Waals surface area contributed by atoms with E-state index in [4.69, 9.17) is 4.74 Å². The minimum absolute atomic E-state index is 0.0880.